The summed E-state index contributed by atoms with van der Waals surface area (Å²) < 4.78 is 11.0. The number of thiocarbonyl (C=S) groups is 1. The van der Waals surface area contributed by atoms with Crippen LogP contribution in [0.4, 0.5) is 0 Å². The summed E-state index contributed by atoms with van der Waals surface area (Å²) in [6, 6.07) is 8.55. The van der Waals surface area contributed by atoms with Crippen molar-refractivity contribution < 1.29 is 23.9 Å². The molecule has 1 aliphatic heterocycles. The summed E-state index contributed by atoms with van der Waals surface area (Å²) in [6.45, 7) is -0.267. The quantitative estimate of drug-likeness (QED) is 0.359. The molecule has 0 unspecified atom stereocenters. The van der Waals surface area contributed by atoms with Crippen LogP contribution in [0.25, 0.3) is 6.08 Å². The first-order chi connectivity index (χ1) is 13.9. The smallest absolute Gasteiger partial charge is 0.343 e. The summed E-state index contributed by atoms with van der Waals surface area (Å²) in [7, 11) is 1.27. The Balaban J connectivity index is 1.81. The van der Waals surface area contributed by atoms with Crippen molar-refractivity contribution in [2.75, 3.05) is 13.7 Å². The molecule has 1 aromatic heterocycles. The third kappa shape index (κ3) is 5.24. The molecule has 1 saturated heterocycles. The van der Waals surface area contributed by atoms with E-state index in [-0.39, 0.29) is 10.9 Å². The average Bonchev–Trinajstić information content (AvgIpc) is 3.32. The second kappa shape index (κ2) is 9.53. The van der Waals surface area contributed by atoms with Gasteiger partial charge in [-0.15, -0.1) is 11.3 Å². The van der Waals surface area contributed by atoms with Crippen LogP contribution in [-0.4, -0.2) is 40.8 Å². The molecule has 150 valence electrons. The van der Waals surface area contributed by atoms with Gasteiger partial charge in [0, 0.05) is 10.0 Å². The van der Waals surface area contributed by atoms with Crippen molar-refractivity contribution in [3.63, 3.8) is 0 Å². The number of nitrogens with zero attached hydrogens (tertiary/aromatic N) is 1. The van der Waals surface area contributed by atoms with E-state index >= 15 is 0 Å². The predicted molar refractivity (Wildman–Crippen MR) is 118 cm³/mol. The Labute approximate surface area is 188 Å². The van der Waals surface area contributed by atoms with Crippen LogP contribution in [0.15, 0.2) is 45.1 Å². The Hall–Kier alpha value is -2.21. The number of esters is 1. The zero-order valence-electron chi connectivity index (χ0n) is 14.8. The van der Waals surface area contributed by atoms with Gasteiger partial charge in [-0.25, -0.2) is 4.79 Å². The second-order valence-corrected chi connectivity index (χ2v) is 9.02. The van der Waals surface area contributed by atoms with E-state index in [1.54, 1.807) is 41.8 Å². The van der Waals surface area contributed by atoms with Gasteiger partial charge in [0.25, 0.3) is 11.8 Å². The molecule has 2 heterocycles. The highest BCUT2D eigenvalue weighted by Crippen LogP contribution is 2.34. The van der Waals surface area contributed by atoms with Crippen molar-refractivity contribution in [2.45, 2.75) is 0 Å². The molecule has 1 N–H and O–H groups in total. The zero-order chi connectivity index (χ0) is 21.0. The van der Waals surface area contributed by atoms with E-state index in [2.05, 4.69) is 26.1 Å². The highest BCUT2D eigenvalue weighted by Gasteiger charge is 2.34. The fourth-order valence-electron chi connectivity index (χ4n) is 2.23. The van der Waals surface area contributed by atoms with Crippen molar-refractivity contribution in [1.82, 2.24) is 10.4 Å². The molecule has 2 amide bonds. The van der Waals surface area contributed by atoms with E-state index in [1.807, 2.05) is 0 Å². The first kappa shape index (κ1) is 21.5. The monoisotopic (exact) mass is 512 g/mol. The summed E-state index contributed by atoms with van der Waals surface area (Å²) in [5.74, 6) is -1.00. The maximum Gasteiger partial charge on any atom is 0.343 e. The minimum Gasteiger partial charge on any atom is -0.481 e. The molecule has 1 aliphatic rings. The Morgan fingerprint density at radius 1 is 1.34 bits per heavy atom. The maximum absolute atomic E-state index is 12.7. The van der Waals surface area contributed by atoms with E-state index in [0.29, 0.717) is 21.1 Å². The van der Waals surface area contributed by atoms with Crippen molar-refractivity contribution in [2.24, 2.45) is 0 Å². The summed E-state index contributed by atoms with van der Waals surface area (Å²) in [5.41, 5.74) is 3.08. The molecule has 29 heavy (non-hydrogen) atoms. The van der Waals surface area contributed by atoms with Crippen LogP contribution in [0, 0.1) is 0 Å². The van der Waals surface area contributed by atoms with Crippen molar-refractivity contribution in [3.05, 3.63) is 55.5 Å². The van der Waals surface area contributed by atoms with Gasteiger partial charge in [-0.1, -0.05) is 33.8 Å². The van der Waals surface area contributed by atoms with Crippen LogP contribution < -0.4 is 10.2 Å². The number of rotatable bonds is 6. The normalized spacial score (nSPS) is 15.0. The summed E-state index contributed by atoms with van der Waals surface area (Å²) in [4.78, 5) is 37.1. The fourth-order valence-corrected chi connectivity index (χ4v) is 4.39. The van der Waals surface area contributed by atoms with Gasteiger partial charge in [0.15, 0.2) is 10.9 Å². The maximum atomic E-state index is 12.7. The molecule has 11 heteroatoms. The van der Waals surface area contributed by atoms with E-state index < -0.39 is 17.8 Å². The van der Waals surface area contributed by atoms with Crippen LogP contribution >= 0.6 is 51.2 Å². The van der Waals surface area contributed by atoms with Gasteiger partial charge in [0.1, 0.15) is 5.75 Å². The fraction of sp³-hybridized carbons (Fsp3) is 0.111. The van der Waals surface area contributed by atoms with Crippen LogP contribution in [-0.2, 0) is 14.3 Å². The summed E-state index contributed by atoms with van der Waals surface area (Å²) >= 11 is 10.9. The van der Waals surface area contributed by atoms with Crippen molar-refractivity contribution in [3.8, 4) is 5.75 Å². The Morgan fingerprint density at radius 2 is 2.14 bits per heavy atom. The molecular formula is C18H13BrN2O5S3. The number of carbonyl (C=O) groups is 3. The third-order valence-electron chi connectivity index (χ3n) is 3.58. The lowest BCUT2D eigenvalue weighted by molar-refractivity contribution is -0.142. The van der Waals surface area contributed by atoms with Gasteiger partial charge in [0.05, 0.1) is 16.9 Å². The summed E-state index contributed by atoms with van der Waals surface area (Å²) in [5, 5.41) is 2.81. The molecule has 0 atom stereocenters. The number of ether oxygens (including phenoxy) is 2. The zero-order valence-corrected chi connectivity index (χ0v) is 18.9. The number of thiophene rings is 1. The average molecular weight is 513 g/mol. The lowest BCUT2D eigenvalue weighted by Gasteiger charge is -2.14. The Kier molecular flexibility index (Phi) is 7.06. The number of hydrazine groups is 1. The van der Waals surface area contributed by atoms with Crippen LogP contribution in [0.2, 0.25) is 0 Å². The minimum atomic E-state index is -0.526. The SMILES string of the molecule is COC(=O)COc1ccc(Br)cc1/C=C1/SC(=S)N(NC(=O)c2cccs2)C1=O. The lowest BCUT2D eigenvalue weighted by atomic mass is 10.2. The van der Waals surface area contributed by atoms with Gasteiger partial charge >= 0.3 is 5.97 Å². The molecule has 0 aliphatic carbocycles. The van der Waals surface area contributed by atoms with Gasteiger partial charge in [-0.3, -0.25) is 15.0 Å². The molecule has 0 bridgehead atoms. The molecule has 0 saturated carbocycles. The van der Waals surface area contributed by atoms with Gasteiger partial charge in [-0.05, 0) is 47.9 Å². The number of amides is 2. The third-order valence-corrected chi connectivity index (χ3v) is 6.25. The number of thioether (sulfide) groups is 1. The number of nitrogens with one attached hydrogen (secondary N) is 1. The molecule has 1 aromatic carbocycles. The van der Waals surface area contributed by atoms with Crippen LogP contribution in [0.5, 0.6) is 5.75 Å². The second-order valence-electron chi connectivity index (χ2n) is 5.48. The molecule has 7 nitrogen and oxygen atoms in total. The Morgan fingerprint density at radius 3 is 2.83 bits per heavy atom. The number of carbonyl (C=O) groups excluding carboxylic acids is 3. The molecule has 3 rings (SSSR count). The first-order valence-corrected chi connectivity index (χ1v) is 10.9. The largest absolute Gasteiger partial charge is 0.481 e. The summed E-state index contributed by atoms with van der Waals surface area (Å²) in [6.07, 6.45) is 1.59. The highest BCUT2D eigenvalue weighted by atomic mass is 79.9. The lowest BCUT2D eigenvalue weighted by Crippen LogP contribution is -2.44. The van der Waals surface area contributed by atoms with Crippen LogP contribution in [0.1, 0.15) is 15.2 Å². The standard InChI is InChI=1S/C18H13BrN2O5S3/c1-25-15(22)9-26-12-5-4-11(19)7-10(12)8-14-17(24)21(18(27)29-14)20-16(23)13-3-2-6-28-13/h2-8H,9H2,1H3,(H,20,23)/b14-8+. The number of hydrogen-bond donors (Lipinski definition) is 1. The number of methoxy groups -OCH3 is 1. The van der Waals surface area contributed by atoms with E-state index in [0.717, 1.165) is 21.2 Å². The topological polar surface area (TPSA) is 84.9 Å². The van der Waals surface area contributed by atoms with Crippen molar-refractivity contribution in [1.29, 1.82) is 0 Å². The molecule has 2 aromatic rings. The molecule has 1 fully saturated rings. The highest BCUT2D eigenvalue weighted by molar-refractivity contribution is 9.10. The first-order valence-electron chi connectivity index (χ1n) is 8.00. The molecular weight excluding hydrogens is 500 g/mol. The predicted octanol–water partition coefficient (Wildman–Crippen LogP) is 3.61. The number of hydrogen-bond acceptors (Lipinski definition) is 8. The van der Waals surface area contributed by atoms with E-state index in [4.69, 9.17) is 17.0 Å². The number of halogens is 1. The molecule has 0 spiro atoms. The van der Waals surface area contributed by atoms with E-state index in [9.17, 15) is 14.4 Å². The van der Waals surface area contributed by atoms with E-state index in [1.165, 1.54) is 18.4 Å². The minimum absolute atomic E-state index is 0.207. The van der Waals surface area contributed by atoms with Crippen molar-refractivity contribution >= 4 is 79.4 Å². The molecule has 0 radical (unpaired) electrons. The van der Waals surface area contributed by atoms with Gasteiger partial charge < -0.3 is 9.47 Å². The van der Waals surface area contributed by atoms with Crippen LogP contribution in [0.3, 0.4) is 0 Å². The number of benzene rings is 1. The Bertz CT molecular complexity index is 1010. The van der Waals surface area contributed by atoms with Gasteiger partial charge in [0.2, 0.25) is 0 Å². The van der Waals surface area contributed by atoms with Gasteiger partial charge in [-0.2, -0.15) is 5.01 Å².